The highest BCUT2D eigenvalue weighted by Gasteiger charge is 2.31. The molecule has 2 aliphatic rings. The second-order valence-corrected chi connectivity index (χ2v) is 3.83. The molecule has 0 aromatic rings. The number of ether oxygens (including phenoxy) is 2. The monoisotopic (exact) mass is 156 g/mol. The Hall–Kier alpha value is -0.570. The van der Waals surface area contributed by atoms with Crippen molar-refractivity contribution in [3.8, 4) is 0 Å². The number of hydrogen-bond acceptors (Lipinski definition) is 3. The molecule has 1 unspecified atom stereocenters. The average Bonchev–Trinajstić information content (AvgIpc) is 2.21. The second kappa shape index (κ2) is 1.95. The van der Waals surface area contributed by atoms with Crippen LogP contribution in [-0.2, 0) is 9.47 Å². The molecule has 0 aromatic heterocycles. The smallest absolute Gasteiger partial charge is 0.283 e. The number of hydrogen-bond donors (Lipinski definition) is 0. The lowest BCUT2D eigenvalue weighted by molar-refractivity contribution is 0.181. The highest BCUT2D eigenvalue weighted by molar-refractivity contribution is 8.03. The van der Waals surface area contributed by atoms with Gasteiger partial charge in [0.15, 0.2) is 5.76 Å². The van der Waals surface area contributed by atoms with E-state index < -0.39 is 0 Å². The third-order valence-corrected chi connectivity index (χ3v) is 2.55. The van der Waals surface area contributed by atoms with E-state index in [1.165, 1.54) is 0 Å². The lowest BCUT2D eigenvalue weighted by Crippen LogP contribution is -1.93. The van der Waals surface area contributed by atoms with E-state index in [9.17, 15) is 0 Å². The van der Waals surface area contributed by atoms with Crippen LogP contribution in [0.4, 0.5) is 0 Å². The molecular formula is C7H8O2S. The standard InChI is InChI=1S/C7H8O2S/c1-4-3-6-7(10-4)9-5(2)8-6/h4H,2-3H2,1H3. The van der Waals surface area contributed by atoms with E-state index >= 15 is 0 Å². The van der Waals surface area contributed by atoms with Crippen LogP contribution in [0, 0.1) is 0 Å². The third kappa shape index (κ3) is 0.814. The fourth-order valence-electron chi connectivity index (χ4n) is 1.06. The highest BCUT2D eigenvalue weighted by atomic mass is 32.2. The van der Waals surface area contributed by atoms with E-state index in [1.54, 1.807) is 11.8 Å². The first-order valence-electron chi connectivity index (χ1n) is 3.20. The normalized spacial score (nSPS) is 30.1. The fraction of sp³-hybridized carbons (Fsp3) is 0.429. The van der Waals surface area contributed by atoms with Gasteiger partial charge in [-0.15, -0.1) is 0 Å². The van der Waals surface area contributed by atoms with E-state index in [4.69, 9.17) is 9.47 Å². The molecule has 0 saturated heterocycles. The molecule has 54 valence electrons. The third-order valence-electron chi connectivity index (χ3n) is 1.45. The van der Waals surface area contributed by atoms with Crippen molar-refractivity contribution in [2.24, 2.45) is 0 Å². The minimum Gasteiger partial charge on any atom is -0.426 e. The predicted octanol–water partition coefficient (Wildman–Crippen LogP) is 2.20. The number of allylic oxidation sites excluding steroid dienone is 1. The summed E-state index contributed by atoms with van der Waals surface area (Å²) in [6, 6.07) is 0. The van der Waals surface area contributed by atoms with Crippen LogP contribution < -0.4 is 0 Å². The maximum Gasteiger partial charge on any atom is 0.283 e. The van der Waals surface area contributed by atoms with Gasteiger partial charge in [0.25, 0.3) is 5.95 Å². The van der Waals surface area contributed by atoms with Crippen molar-refractivity contribution in [3.05, 3.63) is 23.4 Å². The van der Waals surface area contributed by atoms with Crippen LogP contribution >= 0.6 is 11.8 Å². The summed E-state index contributed by atoms with van der Waals surface area (Å²) in [5, 5.41) is 1.51. The highest BCUT2D eigenvalue weighted by Crippen LogP contribution is 2.44. The molecule has 2 rings (SSSR count). The Morgan fingerprint density at radius 2 is 2.40 bits per heavy atom. The van der Waals surface area contributed by atoms with Crippen molar-refractivity contribution in [1.82, 2.24) is 0 Å². The lowest BCUT2D eigenvalue weighted by atomic mass is 10.3. The van der Waals surface area contributed by atoms with E-state index in [0.29, 0.717) is 11.2 Å². The predicted molar refractivity (Wildman–Crippen MR) is 40.0 cm³/mol. The Balaban J connectivity index is 2.16. The first kappa shape index (κ1) is 6.16. The van der Waals surface area contributed by atoms with Gasteiger partial charge in [-0.05, 0) is 6.58 Å². The van der Waals surface area contributed by atoms with Crippen LogP contribution in [0.2, 0.25) is 0 Å². The SMILES string of the molecule is C=C1OC2=C(O1)SC(C)C2. The van der Waals surface area contributed by atoms with E-state index in [2.05, 4.69) is 13.5 Å². The van der Waals surface area contributed by atoms with Gasteiger partial charge in [0.2, 0.25) is 5.09 Å². The molecule has 2 nitrogen and oxygen atoms in total. The Morgan fingerprint density at radius 1 is 1.60 bits per heavy atom. The molecule has 0 amide bonds. The summed E-state index contributed by atoms with van der Waals surface area (Å²) in [7, 11) is 0. The van der Waals surface area contributed by atoms with Gasteiger partial charge in [0.05, 0.1) is 0 Å². The molecule has 0 saturated carbocycles. The van der Waals surface area contributed by atoms with Crippen LogP contribution in [0.25, 0.3) is 0 Å². The lowest BCUT2D eigenvalue weighted by Gasteiger charge is -2.04. The van der Waals surface area contributed by atoms with E-state index in [-0.39, 0.29) is 0 Å². The molecule has 0 spiro atoms. The fourth-order valence-corrected chi connectivity index (χ4v) is 2.06. The molecule has 10 heavy (non-hydrogen) atoms. The van der Waals surface area contributed by atoms with Crippen molar-refractivity contribution in [3.63, 3.8) is 0 Å². The van der Waals surface area contributed by atoms with Crippen molar-refractivity contribution in [2.45, 2.75) is 18.6 Å². The van der Waals surface area contributed by atoms with Crippen LogP contribution in [0.1, 0.15) is 13.3 Å². The number of rotatable bonds is 0. The zero-order valence-corrected chi connectivity index (χ0v) is 6.53. The van der Waals surface area contributed by atoms with Gasteiger partial charge in [-0.1, -0.05) is 18.7 Å². The topological polar surface area (TPSA) is 18.5 Å². The molecule has 0 bridgehead atoms. The molecule has 2 heterocycles. The summed E-state index contributed by atoms with van der Waals surface area (Å²) in [6.07, 6.45) is 0.971. The molecule has 0 radical (unpaired) electrons. The van der Waals surface area contributed by atoms with Gasteiger partial charge >= 0.3 is 0 Å². The first-order valence-corrected chi connectivity index (χ1v) is 4.08. The maximum absolute atomic E-state index is 5.20. The molecule has 0 fully saturated rings. The second-order valence-electron chi connectivity index (χ2n) is 2.42. The first-order chi connectivity index (χ1) is 4.75. The summed E-state index contributed by atoms with van der Waals surface area (Å²) >= 11 is 1.71. The van der Waals surface area contributed by atoms with Crippen LogP contribution in [0.5, 0.6) is 0 Å². The van der Waals surface area contributed by atoms with Gasteiger partial charge in [-0.25, -0.2) is 0 Å². The number of thioether (sulfide) groups is 1. The minimum atomic E-state index is 0.421. The largest absolute Gasteiger partial charge is 0.426 e. The van der Waals surface area contributed by atoms with Gasteiger partial charge < -0.3 is 9.47 Å². The Morgan fingerprint density at radius 3 is 3.10 bits per heavy atom. The summed E-state index contributed by atoms with van der Waals surface area (Å²) in [6.45, 7) is 5.71. The Kier molecular flexibility index (Phi) is 1.20. The Bertz CT molecular complexity index is 200. The van der Waals surface area contributed by atoms with Crippen LogP contribution in [0.15, 0.2) is 23.4 Å². The molecule has 0 aliphatic carbocycles. The zero-order valence-electron chi connectivity index (χ0n) is 5.72. The van der Waals surface area contributed by atoms with Crippen LogP contribution in [0.3, 0.4) is 0 Å². The molecule has 2 aliphatic heterocycles. The van der Waals surface area contributed by atoms with Crippen molar-refractivity contribution in [2.75, 3.05) is 0 Å². The van der Waals surface area contributed by atoms with Crippen molar-refractivity contribution >= 4 is 11.8 Å². The quantitative estimate of drug-likeness (QED) is 0.535. The molecular weight excluding hydrogens is 148 g/mol. The summed E-state index contributed by atoms with van der Waals surface area (Å²) in [5.41, 5.74) is 0. The molecule has 0 aromatic carbocycles. The minimum absolute atomic E-state index is 0.421. The summed E-state index contributed by atoms with van der Waals surface area (Å²) in [4.78, 5) is 0. The van der Waals surface area contributed by atoms with Gasteiger partial charge in [-0.3, -0.25) is 0 Å². The summed E-state index contributed by atoms with van der Waals surface area (Å²) in [5.74, 6) is 1.38. The van der Waals surface area contributed by atoms with Crippen molar-refractivity contribution < 1.29 is 9.47 Å². The maximum atomic E-state index is 5.20. The van der Waals surface area contributed by atoms with Crippen molar-refractivity contribution in [1.29, 1.82) is 0 Å². The van der Waals surface area contributed by atoms with Gasteiger partial charge in [0, 0.05) is 11.7 Å². The van der Waals surface area contributed by atoms with E-state index in [0.717, 1.165) is 17.3 Å². The molecule has 0 N–H and O–H groups in total. The molecule has 3 heteroatoms. The Labute approximate surface area is 63.9 Å². The zero-order chi connectivity index (χ0) is 7.14. The van der Waals surface area contributed by atoms with Gasteiger partial charge in [-0.2, -0.15) is 0 Å². The molecule has 1 atom stereocenters. The average molecular weight is 156 g/mol. The van der Waals surface area contributed by atoms with E-state index in [1.807, 2.05) is 0 Å². The van der Waals surface area contributed by atoms with Crippen LogP contribution in [-0.4, -0.2) is 5.25 Å². The van der Waals surface area contributed by atoms with Gasteiger partial charge in [0.1, 0.15) is 0 Å². The summed E-state index contributed by atoms with van der Waals surface area (Å²) < 4.78 is 10.4.